The SMILES string of the molecule is C[C@@H]1CN(C(=O)c2ccc3cc[nH]c3c2)C[C@H]1C(N)=O. The predicted octanol–water partition coefficient (Wildman–Crippen LogP) is 1.36. The number of benzene rings is 1. The molecule has 1 aromatic carbocycles. The van der Waals surface area contributed by atoms with Crippen LogP contribution in [-0.2, 0) is 4.79 Å². The van der Waals surface area contributed by atoms with Crippen molar-refractivity contribution in [3.05, 3.63) is 36.0 Å². The quantitative estimate of drug-likeness (QED) is 0.865. The van der Waals surface area contributed by atoms with Crippen LogP contribution >= 0.6 is 0 Å². The Kier molecular flexibility index (Phi) is 2.97. The van der Waals surface area contributed by atoms with Gasteiger partial charge in [0.05, 0.1) is 5.92 Å². The van der Waals surface area contributed by atoms with E-state index in [1.807, 2.05) is 37.4 Å². The number of nitrogens with one attached hydrogen (secondary N) is 1. The number of aromatic nitrogens is 1. The summed E-state index contributed by atoms with van der Waals surface area (Å²) in [6.07, 6.45) is 1.85. The van der Waals surface area contributed by atoms with Gasteiger partial charge in [-0.3, -0.25) is 9.59 Å². The van der Waals surface area contributed by atoms with Crippen LogP contribution in [0.1, 0.15) is 17.3 Å². The van der Waals surface area contributed by atoms with E-state index in [9.17, 15) is 9.59 Å². The first-order valence-corrected chi connectivity index (χ1v) is 6.72. The lowest BCUT2D eigenvalue weighted by atomic mass is 9.98. The van der Waals surface area contributed by atoms with E-state index >= 15 is 0 Å². The zero-order chi connectivity index (χ0) is 14.3. The standard InChI is InChI=1S/C15H17N3O2/c1-9-7-18(8-12(9)14(16)19)15(20)11-3-2-10-4-5-17-13(10)6-11/h2-6,9,12,17H,7-8H2,1H3,(H2,16,19)/t9-,12-/m1/s1. The number of likely N-dealkylation sites (tertiary alicyclic amines) is 1. The van der Waals surface area contributed by atoms with Crippen LogP contribution in [0.15, 0.2) is 30.5 Å². The van der Waals surface area contributed by atoms with Crippen LogP contribution in [0.3, 0.4) is 0 Å². The molecule has 0 radical (unpaired) electrons. The van der Waals surface area contributed by atoms with E-state index in [1.54, 1.807) is 4.90 Å². The highest BCUT2D eigenvalue weighted by molar-refractivity contribution is 5.98. The van der Waals surface area contributed by atoms with Crippen molar-refractivity contribution in [2.45, 2.75) is 6.92 Å². The highest BCUT2D eigenvalue weighted by Crippen LogP contribution is 2.25. The molecule has 1 saturated heterocycles. The first kappa shape index (κ1) is 12.7. The maximum atomic E-state index is 12.5. The minimum absolute atomic E-state index is 0.0444. The third-order valence-electron chi connectivity index (χ3n) is 4.07. The fourth-order valence-electron chi connectivity index (χ4n) is 2.87. The molecule has 5 heteroatoms. The fourth-order valence-corrected chi connectivity index (χ4v) is 2.87. The number of aromatic amines is 1. The van der Waals surface area contributed by atoms with Crippen molar-refractivity contribution in [1.29, 1.82) is 0 Å². The Bertz CT molecular complexity index is 677. The molecule has 2 amide bonds. The first-order chi connectivity index (χ1) is 9.56. The van der Waals surface area contributed by atoms with Gasteiger partial charge in [0.1, 0.15) is 0 Å². The van der Waals surface area contributed by atoms with Gasteiger partial charge >= 0.3 is 0 Å². The summed E-state index contributed by atoms with van der Waals surface area (Å²) in [6, 6.07) is 7.55. The number of hydrogen-bond acceptors (Lipinski definition) is 2. The molecule has 0 aliphatic carbocycles. The second-order valence-electron chi connectivity index (χ2n) is 5.48. The molecule has 1 aromatic heterocycles. The Labute approximate surface area is 116 Å². The van der Waals surface area contributed by atoms with Crippen molar-refractivity contribution in [3.63, 3.8) is 0 Å². The van der Waals surface area contributed by atoms with Crippen LogP contribution in [0.4, 0.5) is 0 Å². The monoisotopic (exact) mass is 271 g/mol. The van der Waals surface area contributed by atoms with Gasteiger partial charge in [-0.15, -0.1) is 0 Å². The van der Waals surface area contributed by atoms with Crippen LogP contribution in [0.25, 0.3) is 10.9 Å². The number of fused-ring (bicyclic) bond motifs is 1. The van der Waals surface area contributed by atoms with Crippen molar-refractivity contribution in [3.8, 4) is 0 Å². The topological polar surface area (TPSA) is 79.2 Å². The molecule has 5 nitrogen and oxygen atoms in total. The Balaban J connectivity index is 1.84. The Hall–Kier alpha value is -2.30. The maximum Gasteiger partial charge on any atom is 0.253 e. The van der Waals surface area contributed by atoms with Gasteiger partial charge < -0.3 is 15.6 Å². The number of amides is 2. The molecule has 3 N–H and O–H groups in total. The average molecular weight is 271 g/mol. The Morgan fingerprint density at radius 2 is 2.10 bits per heavy atom. The van der Waals surface area contributed by atoms with E-state index in [-0.39, 0.29) is 23.7 Å². The van der Waals surface area contributed by atoms with E-state index in [1.165, 1.54) is 0 Å². The van der Waals surface area contributed by atoms with E-state index < -0.39 is 0 Å². The van der Waals surface area contributed by atoms with Crippen molar-refractivity contribution in [2.24, 2.45) is 17.6 Å². The van der Waals surface area contributed by atoms with Crippen LogP contribution in [0.2, 0.25) is 0 Å². The zero-order valence-corrected chi connectivity index (χ0v) is 11.3. The molecular weight excluding hydrogens is 254 g/mol. The highest BCUT2D eigenvalue weighted by Gasteiger charge is 2.36. The van der Waals surface area contributed by atoms with Crippen LogP contribution in [0.5, 0.6) is 0 Å². The minimum Gasteiger partial charge on any atom is -0.369 e. The van der Waals surface area contributed by atoms with Gasteiger partial charge in [0.2, 0.25) is 5.91 Å². The molecule has 2 atom stereocenters. The molecule has 2 heterocycles. The second-order valence-corrected chi connectivity index (χ2v) is 5.48. The lowest BCUT2D eigenvalue weighted by Gasteiger charge is -2.16. The van der Waals surface area contributed by atoms with Gasteiger partial charge in [-0.1, -0.05) is 13.0 Å². The van der Waals surface area contributed by atoms with Gasteiger partial charge in [0.25, 0.3) is 5.91 Å². The molecule has 1 aliphatic rings. The summed E-state index contributed by atoms with van der Waals surface area (Å²) in [5.41, 5.74) is 6.94. The summed E-state index contributed by atoms with van der Waals surface area (Å²) in [5.74, 6) is -0.497. The van der Waals surface area contributed by atoms with Gasteiger partial charge in [0.15, 0.2) is 0 Å². The molecule has 20 heavy (non-hydrogen) atoms. The zero-order valence-electron chi connectivity index (χ0n) is 11.3. The molecule has 1 aliphatic heterocycles. The third-order valence-corrected chi connectivity index (χ3v) is 4.07. The number of nitrogens with zero attached hydrogens (tertiary/aromatic N) is 1. The smallest absolute Gasteiger partial charge is 0.253 e. The largest absolute Gasteiger partial charge is 0.369 e. The maximum absolute atomic E-state index is 12.5. The van der Waals surface area contributed by atoms with Gasteiger partial charge in [-0.2, -0.15) is 0 Å². The number of primary amides is 1. The van der Waals surface area contributed by atoms with Gasteiger partial charge in [0, 0.05) is 30.4 Å². The molecule has 2 aromatic rings. The lowest BCUT2D eigenvalue weighted by Crippen LogP contribution is -2.31. The molecule has 3 rings (SSSR count). The molecule has 0 unspecified atom stereocenters. The summed E-state index contributed by atoms with van der Waals surface area (Å²) >= 11 is 0. The summed E-state index contributed by atoms with van der Waals surface area (Å²) in [7, 11) is 0. The third kappa shape index (κ3) is 2.05. The summed E-state index contributed by atoms with van der Waals surface area (Å²) < 4.78 is 0. The van der Waals surface area contributed by atoms with Crippen LogP contribution in [0, 0.1) is 11.8 Å². The van der Waals surface area contributed by atoms with E-state index in [2.05, 4.69) is 4.98 Å². The number of nitrogens with two attached hydrogens (primary N) is 1. The van der Waals surface area contributed by atoms with E-state index in [0.29, 0.717) is 18.7 Å². The molecular formula is C15H17N3O2. The first-order valence-electron chi connectivity index (χ1n) is 6.72. The number of carbonyl (C=O) groups is 2. The summed E-state index contributed by atoms with van der Waals surface area (Å²) in [6.45, 7) is 2.95. The Morgan fingerprint density at radius 1 is 1.30 bits per heavy atom. The molecule has 0 spiro atoms. The Morgan fingerprint density at radius 3 is 2.80 bits per heavy atom. The van der Waals surface area contributed by atoms with Gasteiger partial charge in [-0.05, 0) is 29.5 Å². The molecule has 1 fully saturated rings. The highest BCUT2D eigenvalue weighted by atomic mass is 16.2. The predicted molar refractivity (Wildman–Crippen MR) is 76.1 cm³/mol. The molecule has 0 saturated carbocycles. The second kappa shape index (κ2) is 4.67. The number of H-pyrrole nitrogens is 1. The number of rotatable bonds is 2. The number of hydrogen-bond donors (Lipinski definition) is 2. The fraction of sp³-hybridized carbons (Fsp3) is 0.333. The molecule has 104 valence electrons. The van der Waals surface area contributed by atoms with E-state index in [4.69, 9.17) is 5.73 Å². The van der Waals surface area contributed by atoms with Crippen molar-refractivity contribution in [2.75, 3.05) is 13.1 Å². The lowest BCUT2D eigenvalue weighted by molar-refractivity contribution is -0.122. The normalized spacial score (nSPS) is 22.4. The average Bonchev–Trinajstić information content (AvgIpc) is 3.02. The van der Waals surface area contributed by atoms with Crippen molar-refractivity contribution < 1.29 is 9.59 Å². The van der Waals surface area contributed by atoms with E-state index in [0.717, 1.165) is 10.9 Å². The molecule has 0 bridgehead atoms. The van der Waals surface area contributed by atoms with Crippen molar-refractivity contribution >= 4 is 22.7 Å². The van der Waals surface area contributed by atoms with Crippen LogP contribution < -0.4 is 5.73 Å². The summed E-state index contributed by atoms with van der Waals surface area (Å²) in [5, 5.41) is 1.08. The summed E-state index contributed by atoms with van der Waals surface area (Å²) in [4.78, 5) is 28.6. The van der Waals surface area contributed by atoms with Crippen molar-refractivity contribution in [1.82, 2.24) is 9.88 Å². The van der Waals surface area contributed by atoms with Crippen LogP contribution in [-0.4, -0.2) is 34.8 Å². The minimum atomic E-state index is -0.326. The van der Waals surface area contributed by atoms with Gasteiger partial charge in [-0.25, -0.2) is 0 Å². The number of carbonyl (C=O) groups excluding carboxylic acids is 2.